The number of nitrogen functional groups attached to an aromatic ring is 1. The number of ether oxygens (including phenoxy) is 2. The Bertz CT molecular complexity index is 639. The van der Waals surface area contributed by atoms with E-state index < -0.39 is 0 Å². The molecule has 0 bridgehead atoms. The Morgan fingerprint density at radius 1 is 1.14 bits per heavy atom. The molecule has 1 amide bonds. The molecule has 116 valence electrons. The van der Waals surface area contributed by atoms with Crippen LogP contribution in [0.2, 0.25) is 0 Å². The van der Waals surface area contributed by atoms with E-state index in [-0.39, 0.29) is 5.91 Å². The standard InChI is InChI=1S/C17H20N2O3/c1-12-15(18)4-3-5-16(12)19-17(20)13-6-8-14(9-7-13)22-11-10-21-2/h3-9H,10-11,18H2,1-2H3,(H,19,20). The van der Waals surface area contributed by atoms with E-state index in [1.165, 1.54) is 0 Å². The molecule has 0 unspecified atom stereocenters. The van der Waals surface area contributed by atoms with Crippen molar-refractivity contribution in [1.29, 1.82) is 0 Å². The first-order chi connectivity index (χ1) is 10.6. The molecule has 0 spiro atoms. The number of hydrogen-bond acceptors (Lipinski definition) is 4. The van der Waals surface area contributed by atoms with Crippen LogP contribution in [-0.4, -0.2) is 26.2 Å². The highest BCUT2D eigenvalue weighted by Crippen LogP contribution is 2.21. The second-order valence-electron chi connectivity index (χ2n) is 4.84. The molecular formula is C17H20N2O3. The lowest BCUT2D eigenvalue weighted by Gasteiger charge is -2.10. The van der Waals surface area contributed by atoms with Gasteiger partial charge in [0.25, 0.3) is 5.91 Å². The van der Waals surface area contributed by atoms with E-state index in [2.05, 4.69) is 5.32 Å². The quantitative estimate of drug-likeness (QED) is 0.635. The van der Waals surface area contributed by atoms with Gasteiger partial charge in [0.05, 0.1) is 6.61 Å². The predicted molar refractivity (Wildman–Crippen MR) is 87.4 cm³/mol. The maximum atomic E-state index is 12.2. The molecule has 5 nitrogen and oxygen atoms in total. The first-order valence-corrected chi connectivity index (χ1v) is 7.00. The number of carbonyl (C=O) groups is 1. The van der Waals surface area contributed by atoms with Crippen molar-refractivity contribution in [2.24, 2.45) is 0 Å². The van der Waals surface area contributed by atoms with Gasteiger partial charge in [-0.25, -0.2) is 0 Å². The number of anilines is 2. The van der Waals surface area contributed by atoms with Crippen LogP contribution >= 0.6 is 0 Å². The van der Waals surface area contributed by atoms with Crippen molar-refractivity contribution in [1.82, 2.24) is 0 Å². The van der Waals surface area contributed by atoms with E-state index in [9.17, 15) is 4.79 Å². The van der Waals surface area contributed by atoms with Gasteiger partial charge in [-0.3, -0.25) is 4.79 Å². The summed E-state index contributed by atoms with van der Waals surface area (Å²) in [5.74, 6) is 0.519. The molecule has 0 saturated carbocycles. The lowest BCUT2D eigenvalue weighted by molar-refractivity contribution is 0.102. The van der Waals surface area contributed by atoms with Gasteiger partial charge in [0, 0.05) is 24.0 Å². The highest BCUT2D eigenvalue weighted by Gasteiger charge is 2.09. The van der Waals surface area contributed by atoms with Gasteiger partial charge in [-0.1, -0.05) is 6.07 Å². The third-order valence-electron chi connectivity index (χ3n) is 3.30. The third-order valence-corrected chi connectivity index (χ3v) is 3.30. The molecule has 0 aliphatic heterocycles. The minimum atomic E-state index is -0.183. The highest BCUT2D eigenvalue weighted by molar-refractivity contribution is 6.05. The van der Waals surface area contributed by atoms with Gasteiger partial charge in [-0.15, -0.1) is 0 Å². The van der Waals surface area contributed by atoms with E-state index in [0.29, 0.717) is 35.9 Å². The SMILES string of the molecule is COCCOc1ccc(C(=O)Nc2cccc(N)c2C)cc1. The molecule has 0 aliphatic carbocycles. The molecule has 0 fully saturated rings. The van der Waals surface area contributed by atoms with Crippen LogP contribution in [0.1, 0.15) is 15.9 Å². The summed E-state index contributed by atoms with van der Waals surface area (Å²) in [6, 6.07) is 12.4. The summed E-state index contributed by atoms with van der Waals surface area (Å²) in [7, 11) is 1.62. The number of methoxy groups -OCH3 is 1. The second-order valence-corrected chi connectivity index (χ2v) is 4.84. The maximum Gasteiger partial charge on any atom is 0.255 e. The molecule has 0 heterocycles. The third kappa shape index (κ3) is 3.99. The average Bonchev–Trinajstić information content (AvgIpc) is 2.53. The molecule has 2 rings (SSSR count). The van der Waals surface area contributed by atoms with E-state index in [4.69, 9.17) is 15.2 Å². The number of hydrogen-bond donors (Lipinski definition) is 2. The van der Waals surface area contributed by atoms with E-state index in [0.717, 1.165) is 5.56 Å². The lowest BCUT2D eigenvalue weighted by atomic mass is 10.1. The Hall–Kier alpha value is -2.53. The largest absolute Gasteiger partial charge is 0.491 e. The van der Waals surface area contributed by atoms with Crippen molar-refractivity contribution in [3.05, 3.63) is 53.6 Å². The molecule has 0 saturated heterocycles. The number of nitrogens with one attached hydrogen (secondary N) is 1. The van der Waals surface area contributed by atoms with Gasteiger partial charge >= 0.3 is 0 Å². The van der Waals surface area contributed by atoms with Crippen molar-refractivity contribution in [3.63, 3.8) is 0 Å². The van der Waals surface area contributed by atoms with Crippen molar-refractivity contribution in [3.8, 4) is 5.75 Å². The summed E-state index contributed by atoms with van der Waals surface area (Å²) in [6.45, 7) is 2.87. The monoisotopic (exact) mass is 300 g/mol. The first kappa shape index (κ1) is 15.9. The van der Waals surface area contributed by atoms with Crippen molar-refractivity contribution in [2.75, 3.05) is 31.4 Å². The Morgan fingerprint density at radius 3 is 2.55 bits per heavy atom. The normalized spacial score (nSPS) is 10.3. The second kappa shape index (κ2) is 7.47. The van der Waals surface area contributed by atoms with Crippen LogP contribution in [0.5, 0.6) is 5.75 Å². The van der Waals surface area contributed by atoms with Crippen LogP contribution in [0.3, 0.4) is 0 Å². The zero-order chi connectivity index (χ0) is 15.9. The fraction of sp³-hybridized carbons (Fsp3) is 0.235. The van der Waals surface area contributed by atoms with Crippen molar-refractivity contribution in [2.45, 2.75) is 6.92 Å². The maximum absolute atomic E-state index is 12.2. The molecular weight excluding hydrogens is 280 g/mol. The van der Waals surface area contributed by atoms with Crippen LogP contribution in [0.25, 0.3) is 0 Å². The Kier molecular flexibility index (Phi) is 5.38. The summed E-state index contributed by atoms with van der Waals surface area (Å²) in [6.07, 6.45) is 0. The molecule has 0 atom stereocenters. The van der Waals surface area contributed by atoms with Crippen LogP contribution in [-0.2, 0) is 4.74 Å². The molecule has 5 heteroatoms. The molecule has 22 heavy (non-hydrogen) atoms. The Labute approximate surface area is 130 Å². The summed E-state index contributed by atoms with van der Waals surface area (Å²) in [5.41, 5.74) is 8.61. The van der Waals surface area contributed by atoms with Gasteiger partial charge in [0.1, 0.15) is 12.4 Å². The summed E-state index contributed by atoms with van der Waals surface area (Å²) in [4.78, 5) is 12.2. The number of rotatable bonds is 6. The highest BCUT2D eigenvalue weighted by atomic mass is 16.5. The van der Waals surface area contributed by atoms with Crippen molar-refractivity contribution >= 4 is 17.3 Å². The van der Waals surface area contributed by atoms with Crippen LogP contribution in [0.4, 0.5) is 11.4 Å². The first-order valence-electron chi connectivity index (χ1n) is 7.00. The summed E-state index contributed by atoms with van der Waals surface area (Å²) < 4.78 is 10.4. The fourth-order valence-corrected chi connectivity index (χ4v) is 1.93. The zero-order valence-corrected chi connectivity index (χ0v) is 12.8. The smallest absolute Gasteiger partial charge is 0.255 e. The van der Waals surface area contributed by atoms with Gasteiger partial charge in [-0.2, -0.15) is 0 Å². The zero-order valence-electron chi connectivity index (χ0n) is 12.8. The van der Waals surface area contributed by atoms with Crippen LogP contribution in [0.15, 0.2) is 42.5 Å². The number of benzene rings is 2. The Morgan fingerprint density at radius 2 is 1.86 bits per heavy atom. The van der Waals surface area contributed by atoms with Crippen molar-refractivity contribution < 1.29 is 14.3 Å². The van der Waals surface area contributed by atoms with Gasteiger partial charge in [-0.05, 0) is 48.9 Å². The van der Waals surface area contributed by atoms with E-state index >= 15 is 0 Å². The topological polar surface area (TPSA) is 73.6 Å². The van der Waals surface area contributed by atoms with Gasteiger partial charge in [0.15, 0.2) is 0 Å². The van der Waals surface area contributed by atoms with Gasteiger partial charge in [0.2, 0.25) is 0 Å². The number of nitrogens with two attached hydrogens (primary N) is 1. The molecule has 2 aromatic rings. The van der Waals surface area contributed by atoms with Crippen LogP contribution < -0.4 is 15.8 Å². The fourth-order valence-electron chi connectivity index (χ4n) is 1.93. The summed E-state index contributed by atoms with van der Waals surface area (Å²) >= 11 is 0. The molecule has 2 aromatic carbocycles. The predicted octanol–water partition coefficient (Wildman–Crippen LogP) is 2.85. The van der Waals surface area contributed by atoms with Gasteiger partial charge < -0.3 is 20.5 Å². The molecule has 3 N–H and O–H groups in total. The van der Waals surface area contributed by atoms with E-state index in [1.807, 2.05) is 19.1 Å². The molecule has 0 aromatic heterocycles. The number of amides is 1. The Balaban J connectivity index is 2.02. The minimum Gasteiger partial charge on any atom is -0.491 e. The average molecular weight is 300 g/mol. The molecule has 0 aliphatic rings. The number of carbonyl (C=O) groups excluding carboxylic acids is 1. The summed E-state index contributed by atoms with van der Waals surface area (Å²) in [5, 5.41) is 2.86. The minimum absolute atomic E-state index is 0.183. The van der Waals surface area contributed by atoms with E-state index in [1.54, 1.807) is 37.4 Å². The molecule has 0 radical (unpaired) electrons. The van der Waals surface area contributed by atoms with Crippen LogP contribution in [0, 0.1) is 6.92 Å². The lowest BCUT2D eigenvalue weighted by Crippen LogP contribution is -2.13.